The SMILES string of the molecule is O=[N+]([O-])c1cc(F)ccc1C#CCS. The Morgan fingerprint density at radius 3 is 2.86 bits per heavy atom. The van der Waals surface area contributed by atoms with Crippen molar-refractivity contribution in [3.8, 4) is 11.8 Å². The molecule has 1 rings (SSSR count). The number of benzene rings is 1. The fourth-order valence-corrected chi connectivity index (χ4v) is 0.975. The highest BCUT2D eigenvalue weighted by Crippen LogP contribution is 2.18. The van der Waals surface area contributed by atoms with Gasteiger partial charge in [-0.1, -0.05) is 11.8 Å². The van der Waals surface area contributed by atoms with E-state index in [2.05, 4.69) is 24.5 Å². The smallest absolute Gasteiger partial charge is 0.258 e. The molecule has 0 spiro atoms. The highest BCUT2D eigenvalue weighted by molar-refractivity contribution is 7.80. The molecule has 0 saturated heterocycles. The number of rotatable bonds is 1. The first-order valence-corrected chi connectivity index (χ1v) is 4.32. The molecule has 0 radical (unpaired) electrons. The molecule has 0 aliphatic rings. The first-order chi connectivity index (χ1) is 6.65. The van der Waals surface area contributed by atoms with Crippen LogP contribution in [-0.2, 0) is 0 Å². The maximum Gasteiger partial charge on any atom is 0.287 e. The van der Waals surface area contributed by atoms with Crippen molar-refractivity contribution in [3.63, 3.8) is 0 Å². The molecule has 3 nitrogen and oxygen atoms in total. The van der Waals surface area contributed by atoms with Crippen molar-refractivity contribution in [2.45, 2.75) is 0 Å². The van der Waals surface area contributed by atoms with Crippen LogP contribution in [0.5, 0.6) is 0 Å². The lowest BCUT2D eigenvalue weighted by Gasteiger charge is -1.94. The summed E-state index contributed by atoms with van der Waals surface area (Å²) in [5.41, 5.74) is -0.121. The van der Waals surface area contributed by atoms with Gasteiger partial charge in [0.2, 0.25) is 0 Å². The van der Waals surface area contributed by atoms with Crippen molar-refractivity contribution in [1.29, 1.82) is 0 Å². The van der Waals surface area contributed by atoms with Crippen LogP contribution >= 0.6 is 12.6 Å². The molecule has 0 aromatic heterocycles. The number of halogens is 1. The molecule has 0 aliphatic carbocycles. The Morgan fingerprint density at radius 1 is 1.57 bits per heavy atom. The number of thiol groups is 1. The molecule has 1 aromatic rings. The highest BCUT2D eigenvalue weighted by Gasteiger charge is 2.12. The Labute approximate surface area is 85.5 Å². The van der Waals surface area contributed by atoms with E-state index < -0.39 is 10.7 Å². The van der Waals surface area contributed by atoms with Gasteiger partial charge in [-0.25, -0.2) is 4.39 Å². The van der Waals surface area contributed by atoms with E-state index in [9.17, 15) is 14.5 Å². The summed E-state index contributed by atoms with van der Waals surface area (Å²) in [5, 5.41) is 10.5. The maximum absolute atomic E-state index is 12.7. The summed E-state index contributed by atoms with van der Waals surface area (Å²) in [6, 6.07) is 3.27. The van der Waals surface area contributed by atoms with Crippen molar-refractivity contribution >= 4 is 18.3 Å². The number of nitrogens with zero attached hydrogens (tertiary/aromatic N) is 1. The van der Waals surface area contributed by atoms with Crippen LogP contribution in [0.4, 0.5) is 10.1 Å². The van der Waals surface area contributed by atoms with Crippen molar-refractivity contribution < 1.29 is 9.31 Å². The van der Waals surface area contributed by atoms with Crippen molar-refractivity contribution in [1.82, 2.24) is 0 Å². The maximum atomic E-state index is 12.7. The van der Waals surface area contributed by atoms with E-state index in [-0.39, 0.29) is 11.3 Å². The molecular formula is C9H6FNO2S. The zero-order chi connectivity index (χ0) is 10.6. The lowest BCUT2D eigenvalue weighted by Crippen LogP contribution is -1.93. The Kier molecular flexibility index (Phi) is 3.48. The fraction of sp³-hybridized carbons (Fsp3) is 0.111. The van der Waals surface area contributed by atoms with Crippen LogP contribution in [0.25, 0.3) is 0 Å². The van der Waals surface area contributed by atoms with Gasteiger partial charge < -0.3 is 0 Å². The second kappa shape index (κ2) is 4.63. The Balaban J connectivity index is 3.22. The van der Waals surface area contributed by atoms with Crippen molar-refractivity contribution in [2.75, 3.05) is 5.75 Å². The van der Waals surface area contributed by atoms with E-state index >= 15 is 0 Å². The number of hydrogen-bond acceptors (Lipinski definition) is 3. The van der Waals surface area contributed by atoms with E-state index in [1.54, 1.807) is 0 Å². The van der Waals surface area contributed by atoms with E-state index in [0.717, 1.165) is 12.1 Å². The number of hydrogen-bond donors (Lipinski definition) is 1. The fourth-order valence-electron chi connectivity index (χ4n) is 0.896. The second-order valence-electron chi connectivity index (χ2n) is 2.38. The van der Waals surface area contributed by atoms with E-state index in [0.29, 0.717) is 5.75 Å². The molecule has 1 aromatic carbocycles. The van der Waals surface area contributed by atoms with Crippen LogP contribution in [0.1, 0.15) is 5.56 Å². The predicted octanol–water partition coefficient (Wildman–Crippen LogP) is 2.02. The molecule has 0 amide bonds. The zero-order valence-electron chi connectivity index (χ0n) is 7.03. The standard InChI is InChI=1S/C9H6FNO2S/c10-8-4-3-7(2-1-5-14)9(6-8)11(12)13/h3-4,6,14H,5H2. The summed E-state index contributed by atoms with van der Waals surface area (Å²) < 4.78 is 12.7. The molecule has 0 bridgehead atoms. The third kappa shape index (κ3) is 2.47. The molecular weight excluding hydrogens is 205 g/mol. The van der Waals surface area contributed by atoms with Crippen molar-refractivity contribution in [2.24, 2.45) is 0 Å². The quantitative estimate of drug-likeness (QED) is 0.334. The van der Waals surface area contributed by atoms with Crippen LogP contribution in [-0.4, -0.2) is 10.7 Å². The summed E-state index contributed by atoms with van der Waals surface area (Å²) in [6.45, 7) is 0. The van der Waals surface area contributed by atoms with Gasteiger partial charge in [-0.15, -0.1) is 0 Å². The molecule has 0 aliphatic heterocycles. The lowest BCUT2D eigenvalue weighted by molar-refractivity contribution is -0.385. The molecule has 0 atom stereocenters. The summed E-state index contributed by atoms with van der Waals surface area (Å²) in [7, 11) is 0. The van der Waals surface area contributed by atoms with Crippen LogP contribution in [0.2, 0.25) is 0 Å². The average molecular weight is 211 g/mol. The Morgan fingerprint density at radius 2 is 2.29 bits per heavy atom. The molecule has 0 saturated carbocycles. The normalized spacial score (nSPS) is 9.00. The number of nitro groups is 1. The third-order valence-corrected chi connectivity index (χ3v) is 1.62. The van der Waals surface area contributed by atoms with Crippen LogP contribution in [0.15, 0.2) is 18.2 Å². The molecule has 5 heteroatoms. The van der Waals surface area contributed by atoms with Gasteiger partial charge in [0.05, 0.1) is 16.7 Å². The molecule has 14 heavy (non-hydrogen) atoms. The molecule has 0 N–H and O–H groups in total. The third-order valence-electron chi connectivity index (χ3n) is 1.46. The molecule has 0 unspecified atom stereocenters. The minimum Gasteiger partial charge on any atom is -0.258 e. The second-order valence-corrected chi connectivity index (χ2v) is 2.69. The number of nitro benzene ring substituents is 1. The van der Waals surface area contributed by atoms with Gasteiger partial charge in [0.15, 0.2) is 0 Å². The van der Waals surface area contributed by atoms with Gasteiger partial charge >= 0.3 is 0 Å². The summed E-state index contributed by atoms with van der Waals surface area (Å²) in [4.78, 5) is 9.83. The molecule has 0 heterocycles. The first-order valence-electron chi connectivity index (χ1n) is 3.69. The monoisotopic (exact) mass is 211 g/mol. The van der Waals surface area contributed by atoms with Gasteiger partial charge in [0, 0.05) is 0 Å². The van der Waals surface area contributed by atoms with Crippen LogP contribution in [0, 0.1) is 27.8 Å². The van der Waals surface area contributed by atoms with Gasteiger partial charge in [0.1, 0.15) is 11.4 Å². The molecule has 0 fully saturated rings. The minimum absolute atomic E-state index is 0.199. The van der Waals surface area contributed by atoms with Gasteiger partial charge in [-0.05, 0) is 12.1 Å². The summed E-state index contributed by atoms with van der Waals surface area (Å²) in [6.07, 6.45) is 0. The highest BCUT2D eigenvalue weighted by atomic mass is 32.1. The summed E-state index contributed by atoms with van der Waals surface area (Å²) >= 11 is 3.84. The first kappa shape index (κ1) is 10.5. The van der Waals surface area contributed by atoms with Crippen LogP contribution in [0.3, 0.4) is 0 Å². The van der Waals surface area contributed by atoms with E-state index in [4.69, 9.17) is 0 Å². The Hall–Kier alpha value is -1.54. The van der Waals surface area contributed by atoms with E-state index in [1.165, 1.54) is 6.07 Å². The van der Waals surface area contributed by atoms with Crippen LogP contribution < -0.4 is 0 Å². The van der Waals surface area contributed by atoms with Gasteiger partial charge in [-0.2, -0.15) is 12.6 Å². The minimum atomic E-state index is -0.661. The zero-order valence-corrected chi connectivity index (χ0v) is 7.92. The predicted molar refractivity (Wildman–Crippen MR) is 53.8 cm³/mol. The topological polar surface area (TPSA) is 43.1 Å². The van der Waals surface area contributed by atoms with Gasteiger partial charge in [-0.3, -0.25) is 10.1 Å². The average Bonchev–Trinajstić information content (AvgIpc) is 2.15. The van der Waals surface area contributed by atoms with E-state index in [1.807, 2.05) is 0 Å². The van der Waals surface area contributed by atoms with Gasteiger partial charge in [0.25, 0.3) is 5.69 Å². The largest absolute Gasteiger partial charge is 0.287 e. The molecule has 72 valence electrons. The lowest BCUT2D eigenvalue weighted by atomic mass is 10.2. The summed E-state index contributed by atoms with van der Waals surface area (Å²) in [5.74, 6) is 4.76. The Bertz CT molecular complexity index is 423. The van der Waals surface area contributed by atoms with Crippen molar-refractivity contribution in [3.05, 3.63) is 39.7 Å².